The molecule has 0 spiro atoms. The average Bonchev–Trinajstić information content (AvgIpc) is 2.42. The maximum absolute atomic E-state index is 11.7. The second kappa shape index (κ2) is 9.64. The molecule has 0 saturated heterocycles. The summed E-state index contributed by atoms with van der Waals surface area (Å²) in [6, 6.07) is 6.37. The highest BCUT2D eigenvalue weighted by Crippen LogP contribution is 2.27. The van der Waals surface area contributed by atoms with Gasteiger partial charge in [0.15, 0.2) is 6.61 Å². The molecule has 0 aliphatic rings. The van der Waals surface area contributed by atoms with Crippen molar-refractivity contribution in [2.24, 2.45) is 0 Å². The minimum Gasteiger partial charge on any atom is -0.483 e. The predicted molar refractivity (Wildman–Crippen MR) is 89.5 cm³/mol. The first-order valence-electron chi connectivity index (χ1n) is 7.11. The van der Waals surface area contributed by atoms with Crippen LogP contribution in [-0.2, 0) is 4.79 Å². The first-order valence-corrected chi connectivity index (χ1v) is 7.11. The summed E-state index contributed by atoms with van der Waals surface area (Å²) in [6.07, 6.45) is 0. The van der Waals surface area contributed by atoms with E-state index in [0.717, 1.165) is 16.9 Å². The van der Waals surface area contributed by atoms with Crippen LogP contribution in [0.2, 0.25) is 0 Å². The smallest absolute Gasteiger partial charge is 0.257 e. The number of carbonyl (C=O) groups excluding carboxylic acids is 1. The van der Waals surface area contributed by atoms with Gasteiger partial charge in [-0.1, -0.05) is 26.0 Å². The van der Waals surface area contributed by atoms with E-state index in [1.54, 1.807) is 0 Å². The third-order valence-electron chi connectivity index (χ3n) is 3.25. The van der Waals surface area contributed by atoms with Crippen molar-refractivity contribution in [1.82, 2.24) is 10.6 Å². The first-order chi connectivity index (χ1) is 9.43. The largest absolute Gasteiger partial charge is 0.483 e. The normalized spacial score (nSPS) is 11.7. The lowest BCUT2D eigenvalue weighted by atomic mass is 10.0. The maximum atomic E-state index is 11.7. The van der Waals surface area contributed by atoms with E-state index in [2.05, 4.69) is 36.6 Å². The molecule has 0 aliphatic heterocycles. The van der Waals surface area contributed by atoms with Crippen molar-refractivity contribution in [3.05, 3.63) is 29.3 Å². The van der Waals surface area contributed by atoms with Crippen LogP contribution in [-0.4, -0.2) is 32.1 Å². The Balaban J connectivity index is 0.00000400. The SMILES string of the molecule is CNC(C)CNC(=O)COc1cc(C)ccc1C(C)C.Cl. The van der Waals surface area contributed by atoms with E-state index in [4.69, 9.17) is 4.74 Å². The molecule has 1 aromatic carbocycles. The average molecular weight is 315 g/mol. The Morgan fingerprint density at radius 2 is 1.95 bits per heavy atom. The van der Waals surface area contributed by atoms with Gasteiger partial charge in [-0.3, -0.25) is 4.79 Å². The number of halogens is 1. The molecule has 1 unspecified atom stereocenters. The Morgan fingerprint density at radius 1 is 1.29 bits per heavy atom. The van der Waals surface area contributed by atoms with E-state index in [9.17, 15) is 4.79 Å². The minimum absolute atomic E-state index is 0. The Hall–Kier alpha value is -1.26. The van der Waals surface area contributed by atoms with Crippen molar-refractivity contribution in [2.75, 3.05) is 20.2 Å². The fourth-order valence-electron chi connectivity index (χ4n) is 1.81. The fraction of sp³-hybridized carbons (Fsp3) is 0.562. The van der Waals surface area contributed by atoms with Crippen LogP contribution in [0.4, 0.5) is 0 Å². The Labute approximate surface area is 134 Å². The molecular formula is C16H27ClN2O2. The van der Waals surface area contributed by atoms with Crippen molar-refractivity contribution >= 4 is 18.3 Å². The molecule has 0 saturated carbocycles. The van der Waals surface area contributed by atoms with Crippen molar-refractivity contribution < 1.29 is 9.53 Å². The van der Waals surface area contributed by atoms with Gasteiger partial charge in [-0.2, -0.15) is 0 Å². The number of likely N-dealkylation sites (N-methyl/N-ethyl adjacent to an activating group) is 1. The number of carbonyl (C=O) groups is 1. The van der Waals surface area contributed by atoms with Gasteiger partial charge in [0.1, 0.15) is 5.75 Å². The molecule has 0 heterocycles. The van der Waals surface area contributed by atoms with Crippen molar-refractivity contribution in [3.8, 4) is 5.75 Å². The van der Waals surface area contributed by atoms with Crippen LogP contribution in [0.15, 0.2) is 18.2 Å². The number of hydrogen-bond donors (Lipinski definition) is 2. The third kappa shape index (κ3) is 6.82. The monoisotopic (exact) mass is 314 g/mol. The molecule has 4 nitrogen and oxygen atoms in total. The number of nitrogens with one attached hydrogen (secondary N) is 2. The molecule has 0 radical (unpaired) electrons. The molecule has 5 heteroatoms. The summed E-state index contributed by atoms with van der Waals surface area (Å²) in [5.74, 6) is 1.08. The summed E-state index contributed by atoms with van der Waals surface area (Å²) < 4.78 is 5.67. The van der Waals surface area contributed by atoms with E-state index in [0.29, 0.717) is 12.5 Å². The summed E-state index contributed by atoms with van der Waals surface area (Å²) in [5.41, 5.74) is 2.26. The van der Waals surface area contributed by atoms with Gasteiger partial charge in [0.2, 0.25) is 0 Å². The highest BCUT2D eigenvalue weighted by atomic mass is 35.5. The van der Waals surface area contributed by atoms with E-state index >= 15 is 0 Å². The number of ether oxygens (including phenoxy) is 1. The van der Waals surface area contributed by atoms with Gasteiger partial charge in [0.05, 0.1) is 0 Å². The summed E-state index contributed by atoms with van der Waals surface area (Å²) in [6.45, 7) is 8.92. The van der Waals surface area contributed by atoms with Crippen molar-refractivity contribution in [2.45, 2.75) is 39.7 Å². The lowest BCUT2D eigenvalue weighted by molar-refractivity contribution is -0.123. The highest BCUT2D eigenvalue weighted by molar-refractivity contribution is 5.85. The molecule has 0 aromatic heterocycles. The molecule has 1 aromatic rings. The van der Waals surface area contributed by atoms with Crippen LogP contribution in [0.1, 0.15) is 37.8 Å². The van der Waals surface area contributed by atoms with Crippen molar-refractivity contribution in [3.63, 3.8) is 0 Å². The zero-order valence-electron chi connectivity index (χ0n) is 13.5. The number of benzene rings is 1. The number of rotatable bonds is 7. The van der Waals surface area contributed by atoms with Crippen LogP contribution >= 0.6 is 12.4 Å². The van der Waals surface area contributed by atoms with Crippen LogP contribution in [0.3, 0.4) is 0 Å². The van der Waals surface area contributed by atoms with Gasteiger partial charge in [-0.25, -0.2) is 0 Å². The second-order valence-corrected chi connectivity index (χ2v) is 5.48. The van der Waals surface area contributed by atoms with Crippen LogP contribution in [0, 0.1) is 6.92 Å². The summed E-state index contributed by atoms with van der Waals surface area (Å²) in [7, 11) is 1.87. The number of amides is 1. The van der Waals surface area contributed by atoms with Gasteiger partial charge in [0, 0.05) is 12.6 Å². The van der Waals surface area contributed by atoms with Gasteiger partial charge < -0.3 is 15.4 Å². The topological polar surface area (TPSA) is 50.4 Å². The van der Waals surface area contributed by atoms with Gasteiger partial charge >= 0.3 is 0 Å². The lowest BCUT2D eigenvalue weighted by Crippen LogP contribution is -2.39. The molecule has 21 heavy (non-hydrogen) atoms. The third-order valence-corrected chi connectivity index (χ3v) is 3.25. The standard InChI is InChI=1S/C16H26N2O2.ClH/c1-11(2)14-7-6-12(3)8-15(14)20-10-16(19)18-9-13(4)17-5;/h6-8,11,13,17H,9-10H2,1-5H3,(H,18,19);1H. The maximum Gasteiger partial charge on any atom is 0.257 e. The Morgan fingerprint density at radius 3 is 2.52 bits per heavy atom. The predicted octanol–water partition coefficient (Wildman–Crippen LogP) is 2.64. The van der Waals surface area contributed by atoms with Crippen LogP contribution in [0.25, 0.3) is 0 Å². The van der Waals surface area contributed by atoms with Crippen LogP contribution < -0.4 is 15.4 Å². The van der Waals surface area contributed by atoms with E-state index < -0.39 is 0 Å². The Kier molecular flexibility index (Phi) is 9.06. The van der Waals surface area contributed by atoms with E-state index in [1.807, 2.05) is 27.0 Å². The summed E-state index contributed by atoms with van der Waals surface area (Å²) in [5, 5.41) is 5.91. The highest BCUT2D eigenvalue weighted by Gasteiger charge is 2.10. The zero-order valence-corrected chi connectivity index (χ0v) is 14.3. The zero-order chi connectivity index (χ0) is 15.1. The van der Waals surface area contributed by atoms with Crippen molar-refractivity contribution in [1.29, 1.82) is 0 Å². The molecule has 1 rings (SSSR count). The summed E-state index contributed by atoms with van der Waals surface area (Å²) >= 11 is 0. The molecular weight excluding hydrogens is 288 g/mol. The number of hydrogen-bond acceptors (Lipinski definition) is 3. The minimum atomic E-state index is -0.0942. The number of aryl methyl sites for hydroxylation is 1. The molecule has 120 valence electrons. The molecule has 1 atom stereocenters. The molecule has 0 bridgehead atoms. The molecule has 0 fully saturated rings. The van der Waals surface area contributed by atoms with E-state index in [1.165, 1.54) is 0 Å². The van der Waals surface area contributed by atoms with Gasteiger partial charge in [0.25, 0.3) is 5.91 Å². The fourth-order valence-corrected chi connectivity index (χ4v) is 1.81. The molecule has 1 amide bonds. The molecule has 0 aliphatic carbocycles. The van der Waals surface area contributed by atoms with Crippen LogP contribution in [0.5, 0.6) is 5.75 Å². The molecule has 2 N–H and O–H groups in total. The van der Waals surface area contributed by atoms with Gasteiger partial charge in [-0.15, -0.1) is 12.4 Å². The van der Waals surface area contributed by atoms with E-state index in [-0.39, 0.29) is 31.0 Å². The second-order valence-electron chi connectivity index (χ2n) is 5.48. The van der Waals surface area contributed by atoms with Gasteiger partial charge in [-0.05, 0) is 44.0 Å². The first kappa shape index (κ1) is 19.7. The summed E-state index contributed by atoms with van der Waals surface area (Å²) in [4.78, 5) is 11.7. The quantitative estimate of drug-likeness (QED) is 0.813. The lowest BCUT2D eigenvalue weighted by Gasteiger charge is -2.15. The Bertz CT molecular complexity index is 450.